The van der Waals surface area contributed by atoms with Crippen molar-refractivity contribution in [2.45, 2.75) is 18.8 Å². The normalized spacial score (nSPS) is 14.4. The molecule has 9 heteroatoms. The highest BCUT2D eigenvalue weighted by Crippen LogP contribution is 2.32. The first-order valence-corrected chi connectivity index (χ1v) is 9.94. The van der Waals surface area contributed by atoms with Crippen LogP contribution in [-0.2, 0) is 0 Å². The second-order valence-corrected chi connectivity index (χ2v) is 7.21. The average molecular weight is 426 g/mol. The van der Waals surface area contributed by atoms with E-state index in [9.17, 15) is 9.18 Å². The molecule has 0 unspecified atom stereocenters. The molecule has 31 heavy (non-hydrogen) atoms. The van der Waals surface area contributed by atoms with Gasteiger partial charge in [0.25, 0.3) is 0 Å². The minimum Gasteiger partial charge on any atom is -0.497 e. The number of methoxy groups -OCH3 is 2. The molecule has 0 aliphatic carbocycles. The Labute approximate surface area is 179 Å². The van der Waals surface area contributed by atoms with E-state index in [4.69, 9.17) is 13.9 Å². The molecule has 0 radical (unpaired) electrons. The van der Waals surface area contributed by atoms with Crippen molar-refractivity contribution >= 4 is 11.7 Å². The van der Waals surface area contributed by atoms with Gasteiger partial charge in [0.1, 0.15) is 17.3 Å². The Morgan fingerprint density at radius 3 is 2.52 bits per heavy atom. The fraction of sp³-hybridized carbons (Fsp3) is 0.318. The Kier molecular flexibility index (Phi) is 6.01. The van der Waals surface area contributed by atoms with Crippen LogP contribution >= 0.6 is 0 Å². The van der Waals surface area contributed by atoms with Gasteiger partial charge in [-0.15, -0.1) is 10.2 Å². The van der Waals surface area contributed by atoms with E-state index < -0.39 is 0 Å². The molecule has 0 bridgehead atoms. The smallest absolute Gasteiger partial charge is 0.321 e. The number of rotatable bonds is 5. The van der Waals surface area contributed by atoms with Crippen LogP contribution in [-0.4, -0.2) is 48.4 Å². The van der Waals surface area contributed by atoms with Crippen LogP contribution in [0, 0.1) is 5.82 Å². The van der Waals surface area contributed by atoms with Crippen LogP contribution in [0.4, 0.5) is 14.9 Å². The highest BCUT2D eigenvalue weighted by molar-refractivity contribution is 5.91. The minimum absolute atomic E-state index is 0.0706. The van der Waals surface area contributed by atoms with Crippen molar-refractivity contribution in [3.05, 3.63) is 54.2 Å². The van der Waals surface area contributed by atoms with Gasteiger partial charge in [0.15, 0.2) is 0 Å². The van der Waals surface area contributed by atoms with Gasteiger partial charge in [-0.3, -0.25) is 0 Å². The highest BCUT2D eigenvalue weighted by Gasteiger charge is 2.28. The summed E-state index contributed by atoms with van der Waals surface area (Å²) < 4.78 is 29.4. The monoisotopic (exact) mass is 426 g/mol. The summed E-state index contributed by atoms with van der Waals surface area (Å²) in [4.78, 5) is 14.4. The first-order valence-electron chi connectivity index (χ1n) is 9.94. The number of likely N-dealkylation sites (tertiary alicyclic amines) is 1. The third-order valence-electron chi connectivity index (χ3n) is 5.31. The van der Waals surface area contributed by atoms with E-state index >= 15 is 0 Å². The molecule has 2 aromatic carbocycles. The zero-order valence-electron chi connectivity index (χ0n) is 17.3. The molecule has 3 aromatic rings. The lowest BCUT2D eigenvalue weighted by atomic mass is 9.97. The molecule has 1 aliphatic heterocycles. The maximum atomic E-state index is 13.1. The molecule has 8 nitrogen and oxygen atoms in total. The number of benzene rings is 2. The van der Waals surface area contributed by atoms with Gasteiger partial charge in [0.05, 0.1) is 19.9 Å². The van der Waals surface area contributed by atoms with Gasteiger partial charge in [-0.05, 0) is 49.2 Å². The lowest BCUT2D eigenvalue weighted by Crippen LogP contribution is -2.40. The molecule has 1 fully saturated rings. The molecule has 0 atom stereocenters. The van der Waals surface area contributed by atoms with Gasteiger partial charge >= 0.3 is 6.03 Å². The van der Waals surface area contributed by atoms with Crippen molar-refractivity contribution in [2.24, 2.45) is 0 Å². The molecule has 2 heterocycles. The summed E-state index contributed by atoms with van der Waals surface area (Å²) in [7, 11) is 3.11. The summed E-state index contributed by atoms with van der Waals surface area (Å²) in [6.07, 6.45) is 1.41. The van der Waals surface area contributed by atoms with Gasteiger partial charge < -0.3 is 24.1 Å². The fourth-order valence-electron chi connectivity index (χ4n) is 3.53. The lowest BCUT2D eigenvalue weighted by Gasteiger charge is -2.30. The van der Waals surface area contributed by atoms with E-state index in [-0.39, 0.29) is 17.8 Å². The molecule has 2 amide bonds. The molecule has 162 valence electrons. The topological polar surface area (TPSA) is 89.7 Å². The molecule has 1 aromatic heterocycles. The predicted molar refractivity (Wildman–Crippen MR) is 112 cm³/mol. The number of piperidine rings is 1. The summed E-state index contributed by atoms with van der Waals surface area (Å²) in [5.41, 5.74) is 1.25. The summed E-state index contributed by atoms with van der Waals surface area (Å²) >= 11 is 0. The number of urea groups is 1. The van der Waals surface area contributed by atoms with Crippen LogP contribution in [0.1, 0.15) is 24.7 Å². The number of hydrogen-bond donors (Lipinski definition) is 1. The molecule has 0 spiro atoms. The number of anilines is 1. The Bertz CT molecular complexity index is 1050. The van der Waals surface area contributed by atoms with E-state index in [0.29, 0.717) is 60.5 Å². The van der Waals surface area contributed by atoms with Crippen molar-refractivity contribution < 1.29 is 23.1 Å². The Hall–Kier alpha value is -3.62. The fourth-order valence-corrected chi connectivity index (χ4v) is 3.53. The van der Waals surface area contributed by atoms with E-state index in [0.717, 1.165) is 0 Å². The second-order valence-electron chi connectivity index (χ2n) is 7.21. The van der Waals surface area contributed by atoms with Gasteiger partial charge in [-0.2, -0.15) is 0 Å². The van der Waals surface area contributed by atoms with E-state index in [1.165, 1.54) is 12.1 Å². The van der Waals surface area contributed by atoms with Gasteiger partial charge in [-0.1, -0.05) is 0 Å². The second kappa shape index (κ2) is 9.03. The first kappa shape index (κ1) is 20.6. The van der Waals surface area contributed by atoms with Gasteiger partial charge in [-0.25, -0.2) is 9.18 Å². The minimum atomic E-state index is -0.318. The van der Waals surface area contributed by atoms with Gasteiger partial charge in [0.2, 0.25) is 11.8 Å². The van der Waals surface area contributed by atoms with Crippen molar-refractivity contribution in [3.63, 3.8) is 0 Å². The van der Waals surface area contributed by atoms with Crippen LogP contribution in [0.3, 0.4) is 0 Å². The number of hydrogen-bond acceptors (Lipinski definition) is 6. The summed E-state index contributed by atoms with van der Waals surface area (Å²) in [6.45, 7) is 1.12. The Balaban J connectivity index is 1.36. The van der Waals surface area contributed by atoms with E-state index in [1.54, 1.807) is 49.5 Å². The third kappa shape index (κ3) is 4.60. The molecule has 1 saturated heterocycles. The Morgan fingerprint density at radius 1 is 1.10 bits per heavy atom. The predicted octanol–water partition coefficient (Wildman–Crippen LogP) is 4.30. The van der Waals surface area contributed by atoms with E-state index in [2.05, 4.69) is 15.5 Å². The number of halogens is 1. The number of nitrogens with one attached hydrogen (secondary N) is 1. The zero-order valence-corrected chi connectivity index (χ0v) is 17.3. The maximum absolute atomic E-state index is 13.1. The van der Waals surface area contributed by atoms with E-state index in [1.807, 2.05) is 0 Å². The zero-order chi connectivity index (χ0) is 21.8. The van der Waals surface area contributed by atoms with Crippen LogP contribution < -0.4 is 14.8 Å². The number of nitrogens with zero attached hydrogens (tertiary/aromatic N) is 3. The molecule has 0 saturated carbocycles. The standard InChI is InChI=1S/C22H23FN4O4/c1-29-17-7-8-18(19(13-17)30-2)24-22(28)27-11-9-15(10-12-27)21-26-25-20(31-21)14-3-5-16(23)6-4-14/h3-8,13,15H,9-12H2,1-2H3,(H,24,28). The van der Waals surface area contributed by atoms with Crippen molar-refractivity contribution in [3.8, 4) is 23.0 Å². The number of amides is 2. The van der Waals surface area contributed by atoms with Crippen LogP contribution in [0.2, 0.25) is 0 Å². The number of aromatic nitrogens is 2. The van der Waals surface area contributed by atoms with Crippen molar-refractivity contribution in [1.29, 1.82) is 0 Å². The molecule has 1 N–H and O–H groups in total. The summed E-state index contributed by atoms with van der Waals surface area (Å²) in [6, 6.07) is 11.0. The largest absolute Gasteiger partial charge is 0.497 e. The number of carbonyl (C=O) groups is 1. The maximum Gasteiger partial charge on any atom is 0.321 e. The average Bonchev–Trinajstić information content (AvgIpc) is 3.30. The van der Waals surface area contributed by atoms with Crippen molar-refractivity contribution in [1.82, 2.24) is 15.1 Å². The van der Waals surface area contributed by atoms with Crippen LogP contribution in [0.25, 0.3) is 11.5 Å². The number of carbonyl (C=O) groups excluding carboxylic acids is 1. The van der Waals surface area contributed by atoms with Crippen LogP contribution in [0.15, 0.2) is 46.9 Å². The molecular weight excluding hydrogens is 403 g/mol. The third-order valence-corrected chi connectivity index (χ3v) is 5.31. The Morgan fingerprint density at radius 2 is 1.84 bits per heavy atom. The van der Waals surface area contributed by atoms with Gasteiger partial charge in [0, 0.05) is 30.6 Å². The number of ether oxygens (including phenoxy) is 2. The molecular formula is C22H23FN4O4. The lowest BCUT2D eigenvalue weighted by molar-refractivity contribution is 0.190. The molecule has 1 aliphatic rings. The quantitative estimate of drug-likeness (QED) is 0.654. The molecule has 4 rings (SSSR count). The van der Waals surface area contributed by atoms with Crippen molar-refractivity contribution in [2.75, 3.05) is 32.6 Å². The first-order chi connectivity index (χ1) is 15.1. The SMILES string of the molecule is COc1ccc(NC(=O)N2CCC(c3nnc(-c4ccc(F)cc4)o3)CC2)c(OC)c1. The summed E-state index contributed by atoms with van der Waals surface area (Å²) in [5, 5.41) is 11.1. The summed E-state index contributed by atoms with van der Waals surface area (Å²) in [5.74, 6) is 1.83. The highest BCUT2D eigenvalue weighted by atomic mass is 19.1. The van der Waals surface area contributed by atoms with Crippen LogP contribution in [0.5, 0.6) is 11.5 Å².